The number of carbonyl (C=O) groups is 1. The molecule has 1 aromatic heterocycles. The molecule has 0 radical (unpaired) electrons. The molecule has 0 saturated carbocycles. The molecule has 1 heterocycles. The summed E-state index contributed by atoms with van der Waals surface area (Å²) in [6, 6.07) is 3.41. The van der Waals surface area contributed by atoms with Crippen molar-refractivity contribution in [3.05, 3.63) is 32.1 Å². The van der Waals surface area contributed by atoms with Crippen molar-refractivity contribution in [2.75, 3.05) is 0 Å². The summed E-state index contributed by atoms with van der Waals surface area (Å²) in [6.07, 6.45) is 0. The van der Waals surface area contributed by atoms with Crippen LogP contribution in [-0.2, 0) is 0 Å². The maximum atomic E-state index is 11.0. The van der Waals surface area contributed by atoms with Gasteiger partial charge >= 0.3 is 0 Å². The molecule has 0 aliphatic rings. The smallest absolute Gasteiger partial charge is 0.263 e. The molecule has 0 N–H and O–H groups in total. The quantitative estimate of drug-likeness (QED) is 0.658. The fourth-order valence-electron chi connectivity index (χ4n) is 1.22. The van der Waals surface area contributed by atoms with Gasteiger partial charge in [0, 0.05) is 10.1 Å². The third-order valence-corrected chi connectivity index (χ3v) is 4.62. The molecule has 78 valence electrons. The Balaban J connectivity index is 2.89. The van der Waals surface area contributed by atoms with Crippen LogP contribution in [0.25, 0.3) is 10.1 Å². The van der Waals surface area contributed by atoms with Crippen molar-refractivity contribution >= 4 is 73.1 Å². The molecule has 15 heavy (non-hydrogen) atoms. The Hall–Kier alpha value is 0.01000. The number of fused-ring (bicyclic) bond motifs is 1. The Morgan fingerprint density at radius 3 is 2.40 bits per heavy atom. The van der Waals surface area contributed by atoms with E-state index in [4.69, 9.17) is 46.4 Å². The zero-order valence-electron chi connectivity index (χ0n) is 6.98. The van der Waals surface area contributed by atoms with Crippen LogP contribution >= 0.6 is 57.7 Å². The van der Waals surface area contributed by atoms with Crippen LogP contribution in [0, 0.1) is 0 Å². The third kappa shape index (κ3) is 1.85. The first-order chi connectivity index (χ1) is 7.02. The van der Waals surface area contributed by atoms with Gasteiger partial charge in [-0.2, -0.15) is 0 Å². The second kappa shape index (κ2) is 4.11. The van der Waals surface area contributed by atoms with Crippen LogP contribution in [-0.4, -0.2) is 5.24 Å². The fourth-order valence-corrected chi connectivity index (χ4v) is 3.38. The van der Waals surface area contributed by atoms with Crippen LogP contribution in [0.1, 0.15) is 9.67 Å². The topological polar surface area (TPSA) is 17.1 Å². The standard InChI is InChI=1S/C9H2Cl4OS/c10-3-1-2-4-5(6(3)11)7(12)8(15-4)9(13)14/h1-2H. The molecule has 0 atom stereocenters. The van der Waals surface area contributed by atoms with Gasteiger partial charge in [-0.05, 0) is 23.7 Å². The first-order valence-corrected chi connectivity index (χ1v) is 6.11. The van der Waals surface area contributed by atoms with Crippen molar-refractivity contribution in [2.24, 2.45) is 0 Å². The minimum atomic E-state index is -0.589. The molecule has 0 spiro atoms. The number of hydrogen-bond donors (Lipinski definition) is 0. The summed E-state index contributed by atoms with van der Waals surface area (Å²) in [5.41, 5.74) is 0. The van der Waals surface area contributed by atoms with E-state index in [-0.39, 0.29) is 9.90 Å². The zero-order chi connectivity index (χ0) is 11.2. The second-order valence-corrected chi connectivity index (χ2v) is 5.31. The van der Waals surface area contributed by atoms with Crippen molar-refractivity contribution < 1.29 is 4.79 Å². The lowest BCUT2D eigenvalue weighted by Crippen LogP contribution is -1.82. The Morgan fingerprint density at radius 1 is 1.13 bits per heavy atom. The second-order valence-electron chi connectivity index (χ2n) is 2.75. The fraction of sp³-hybridized carbons (Fsp3) is 0. The highest BCUT2D eigenvalue weighted by molar-refractivity contribution is 7.23. The molecule has 2 rings (SSSR count). The van der Waals surface area contributed by atoms with Gasteiger partial charge < -0.3 is 0 Å². The van der Waals surface area contributed by atoms with Gasteiger partial charge in [0.05, 0.1) is 15.1 Å². The van der Waals surface area contributed by atoms with Crippen LogP contribution in [0.2, 0.25) is 15.1 Å². The van der Waals surface area contributed by atoms with E-state index in [0.717, 1.165) is 4.70 Å². The number of benzene rings is 1. The molecule has 1 nitrogen and oxygen atoms in total. The first-order valence-electron chi connectivity index (χ1n) is 3.78. The maximum Gasteiger partial charge on any atom is 0.263 e. The number of carbonyl (C=O) groups excluding carboxylic acids is 1. The van der Waals surface area contributed by atoms with Crippen LogP contribution in [0.5, 0.6) is 0 Å². The monoisotopic (exact) mass is 298 g/mol. The lowest BCUT2D eigenvalue weighted by molar-refractivity contribution is 0.108. The summed E-state index contributed by atoms with van der Waals surface area (Å²) >= 11 is 24.4. The van der Waals surface area contributed by atoms with E-state index in [1.807, 2.05) is 0 Å². The zero-order valence-corrected chi connectivity index (χ0v) is 10.8. The number of thiophene rings is 1. The molecule has 0 saturated heterocycles. The highest BCUT2D eigenvalue weighted by Crippen LogP contribution is 2.42. The van der Waals surface area contributed by atoms with E-state index in [1.54, 1.807) is 12.1 Å². The Bertz CT molecular complexity index is 561. The summed E-state index contributed by atoms with van der Waals surface area (Å²) < 4.78 is 0.790. The minimum Gasteiger partial charge on any atom is -0.275 e. The van der Waals surface area contributed by atoms with Crippen LogP contribution in [0.15, 0.2) is 12.1 Å². The minimum absolute atomic E-state index is 0.266. The first kappa shape index (κ1) is 11.5. The molecular weight excluding hydrogens is 298 g/mol. The van der Waals surface area contributed by atoms with Gasteiger partial charge in [-0.15, -0.1) is 11.3 Å². The molecule has 0 aliphatic heterocycles. The third-order valence-electron chi connectivity index (χ3n) is 1.87. The van der Waals surface area contributed by atoms with Crippen LogP contribution < -0.4 is 0 Å². The average Bonchev–Trinajstić information content (AvgIpc) is 2.50. The van der Waals surface area contributed by atoms with E-state index < -0.39 is 5.24 Å². The normalized spacial score (nSPS) is 10.9. The van der Waals surface area contributed by atoms with Crippen LogP contribution in [0.4, 0.5) is 0 Å². The molecule has 0 fully saturated rings. The number of hydrogen-bond acceptors (Lipinski definition) is 2. The molecule has 0 aliphatic carbocycles. The highest BCUT2D eigenvalue weighted by Gasteiger charge is 2.18. The van der Waals surface area contributed by atoms with Crippen molar-refractivity contribution in [1.82, 2.24) is 0 Å². The molecular formula is C9H2Cl4OS. The van der Waals surface area contributed by atoms with Crippen molar-refractivity contribution in [2.45, 2.75) is 0 Å². The van der Waals surface area contributed by atoms with E-state index in [1.165, 1.54) is 11.3 Å². The number of halogens is 4. The van der Waals surface area contributed by atoms with E-state index in [2.05, 4.69) is 0 Å². The maximum absolute atomic E-state index is 11.0. The predicted molar refractivity (Wildman–Crippen MR) is 67.0 cm³/mol. The SMILES string of the molecule is O=C(Cl)c1sc2ccc(Cl)c(Cl)c2c1Cl. The molecule has 2 aromatic rings. The lowest BCUT2D eigenvalue weighted by atomic mass is 10.2. The molecule has 0 bridgehead atoms. The Kier molecular flexibility index (Phi) is 3.15. The summed E-state index contributed by atoms with van der Waals surface area (Å²) in [4.78, 5) is 11.3. The average molecular weight is 300 g/mol. The summed E-state index contributed by atoms with van der Waals surface area (Å²) in [5.74, 6) is 0. The van der Waals surface area contributed by atoms with Crippen molar-refractivity contribution in [1.29, 1.82) is 0 Å². The number of rotatable bonds is 1. The van der Waals surface area contributed by atoms with Crippen LogP contribution in [0.3, 0.4) is 0 Å². The lowest BCUT2D eigenvalue weighted by Gasteiger charge is -1.97. The molecule has 1 aromatic carbocycles. The summed E-state index contributed by atoms with van der Waals surface area (Å²) in [7, 11) is 0. The van der Waals surface area contributed by atoms with Gasteiger partial charge in [-0.25, -0.2) is 0 Å². The summed E-state index contributed by atoms with van der Waals surface area (Å²) in [6.45, 7) is 0. The predicted octanol–water partition coefficient (Wildman–Crippen LogP) is 5.24. The largest absolute Gasteiger partial charge is 0.275 e. The van der Waals surface area contributed by atoms with Crippen molar-refractivity contribution in [3.63, 3.8) is 0 Å². The Morgan fingerprint density at radius 2 is 1.80 bits per heavy atom. The molecule has 0 unspecified atom stereocenters. The molecule has 6 heteroatoms. The van der Waals surface area contributed by atoms with E-state index >= 15 is 0 Å². The van der Waals surface area contributed by atoms with Gasteiger partial charge in [-0.3, -0.25) is 4.79 Å². The van der Waals surface area contributed by atoms with E-state index in [0.29, 0.717) is 15.4 Å². The van der Waals surface area contributed by atoms with Gasteiger partial charge in [0.25, 0.3) is 5.24 Å². The van der Waals surface area contributed by atoms with Gasteiger partial charge in [0.2, 0.25) is 0 Å². The van der Waals surface area contributed by atoms with Gasteiger partial charge in [0.1, 0.15) is 4.88 Å². The highest BCUT2D eigenvalue weighted by atomic mass is 35.5. The summed E-state index contributed by atoms with van der Waals surface area (Å²) in [5, 5.41) is 1.01. The van der Waals surface area contributed by atoms with Gasteiger partial charge in [0.15, 0.2) is 0 Å². The van der Waals surface area contributed by atoms with Crippen molar-refractivity contribution in [3.8, 4) is 0 Å². The molecule has 0 amide bonds. The Labute approximate surface area is 109 Å². The van der Waals surface area contributed by atoms with E-state index in [9.17, 15) is 4.79 Å². The van der Waals surface area contributed by atoms with Gasteiger partial charge in [-0.1, -0.05) is 34.8 Å².